The molecule has 0 fully saturated rings. The Bertz CT molecular complexity index is 428. The van der Waals surface area contributed by atoms with Gasteiger partial charge in [-0.1, -0.05) is 6.07 Å². The molecule has 0 aliphatic heterocycles. The van der Waals surface area contributed by atoms with Crippen LogP contribution in [0.4, 0.5) is 14.5 Å². The molecule has 2 nitrogen and oxygen atoms in total. The third-order valence-electron chi connectivity index (χ3n) is 1.64. The van der Waals surface area contributed by atoms with E-state index in [1.807, 2.05) is 0 Å². The number of nitrogens with zero attached hydrogens (tertiary/aromatic N) is 1. The van der Waals surface area contributed by atoms with Gasteiger partial charge in [0, 0.05) is 5.71 Å². The van der Waals surface area contributed by atoms with Gasteiger partial charge in [-0.3, -0.25) is 0 Å². The van der Waals surface area contributed by atoms with E-state index in [1.54, 1.807) is 6.92 Å². The maximum atomic E-state index is 13.1. The second kappa shape index (κ2) is 9.51. The Labute approximate surface area is 121 Å². The van der Waals surface area contributed by atoms with Crippen molar-refractivity contribution in [1.82, 2.24) is 0 Å². The average Bonchev–Trinajstić information content (AvgIpc) is 2.24. The van der Waals surface area contributed by atoms with Gasteiger partial charge < -0.3 is 5.11 Å². The average molecular weight is 330 g/mol. The van der Waals surface area contributed by atoms with Crippen LogP contribution in [0.3, 0.4) is 0 Å². The third kappa shape index (κ3) is 7.12. The van der Waals surface area contributed by atoms with Crippen LogP contribution in [0, 0.1) is 11.6 Å². The Morgan fingerprint density at radius 3 is 2.11 bits per heavy atom. The van der Waals surface area contributed by atoms with E-state index in [2.05, 4.69) is 4.99 Å². The first kappa shape index (κ1) is 17.6. The van der Waals surface area contributed by atoms with Gasteiger partial charge in [0.05, 0.1) is 5.76 Å². The van der Waals surface area contributed by atoms with Crippen LogP contribution < -0.4 is 0 Å². The Balaban J connectivity index is 0.000000873. The van der Waals surface area contributed by atoms with Crippen LogP contribution in [0.5, 0.6) is 0 Å². The number of aliphatic hydroxyl groups is 1. The summed E-state index contributed by atoms with van der Waals surface area (Å²) in [5, 5.41) is 8.93. The summed E-state index contributed by atoms with van der Waals surface area (Å²) in [6, 6.07) is 3.53. The summed E-state index contributed by atoms with van der Waals surface area (Å²) in [7, 11) is 9.78. The third-order valence-corrected chi connectivity index (χ3v) is 1.64. The Morgan fingerprint density at radius 2 is 1.72 bits per heavy atom. The van der Waals surface area contributed by atoms with Gasteiger partial charge in [0.25, 0.3) is 0 Å². The van der Waals surface area contributed by atoms with Crippen molar-refractivity contribution in [2.24, 2.45) is 4.99 Å². The number of benzene rings is 1. The number of allylic oxidation sites excluding steroid dienone is 2. The van der Waals surface area contributed by atoms with Crippen molar-refractivity contribution in [2.45, 2.75) is 13.8 Å². The standard InChI is InChI=1S/C11H11F2NO.2ClH.Ti/c1-7(6-8(2)15)14-11-9(12)4-3-5-10(11)13;;;/h3-6,15H,1-2H3;2*1H;/q;;;+2/p-2/b8-6-,14-7?;;;. The van der Waals surface area contributed by atoms with E-state index in [1.165, 1.54) is 19.1 Å². The van der Waals surface area contributed by atoms with E-state index in [0.717, 1.165) is 12.1 Å². The monoisotopic (exact) mass is 329 g/mol. The molecule has 0 aliphatic rings. The second-order valence-corrected chi connectivity index (χ2v) is 5.76. The van der Waals surface area contributed by atoms with Gasteiger partial charge in [-0.15, -0.1) is 0 Å². The molecule has 98 valence electrons. The number of para-hydroxylation sites is 1. The van der Waals surface area contributed by atoms with Crippen LogP contribution in [-0.4, -0.2) is 10.8 Å². The molecule has 0 aromatic heterocycles. The Morgan fingerprint density at radius 1 is 1.28 bits per heavy atom. The Kier molecular flexibility index (Phi) is 9.29. The van der Waals surface area contributed by atoms with Crippen LogP contribution in [0.1, 0.15) is 13.8 Å². The predicted octanol–water partition coefficient (Wildman–Crippen LogP) is 4.90. The molecule has 0 aliphatic carbocycles. The van der Waals surface area contributed by atoms with Crippen molar-refractivity contribution in [2.75, 3.05) is 0 Å². The molecule has 0 radical (unpaired) electrons. The van der Waals surface area contributed by atoms with E-state index in [9.17, 15) is 8.78 Å². The Hall–Kier alpha value is -0.416. The molecule has 1 aromatic rings. The SMILES string of the molecule is CC(/C=C(/C)O)=Nc1c(F)cccc1F.[Cl][Ti][Cl]. The molecule has 0 spiro atoms. The fraction of sp³-hybridized carbons (Fsp3) is 0.182. The fourth-order valence-electron chi connectivity index (χ4n) is 1.11. The van der Waals surface area contributed by atoms with Crippen LogP contribution in [0.25, 0.3) is 0 Å². The zero-order valence-electron chi connectivity index (χ0n) is 9.72. The summed E-state index contributed by atoms with van der Waals surface area (Å²) in [4.78, 5) is 3.73. The van der Waals surface area contributed by atoms with Crippen molar-refractivity contribution < 1.29 is 30.9 Å². The molecule has 18 heavy (non-hydrogen) atoms. The van der Waals surface area contributed by atoms with E-state index in [4.69, 9.17) is 23.7 Å². The van der Waals surface area contributed by atoms with Gasteiger partial charge >= 0.3 is 35.6 Å². The predicted molar refractivity (Wildman–Crippen MR) is 67.2 cm³/mol. The van der Waals surface area contributed by atoms with Crippen LogP contribution >= 0.6 is 18.6 Å². The van der Waals surface area contributed by atoms with Crippen LogP contribution in [0.2, 0.25) is 0 Å². The van der Waals surface area contributed by atoms with Crippen molar-refractivity contribution in [3.8, 4) is 0 Å². The summed E-state index contributed by atoms with van der Waals surface area (Å²) in [6.07, 6.45) is 1.33. The van der Waals surface area contributed by atoms with Gasteiger partial charge in [0.15, 0.2) is 11.6 Å². The van der Waals surface area contributed by atoms with Crippen molar-refractivity contribution in [3.63, 3.8) is 0 Å². The van der Waals surface area contributed by atoms with E-state index < -0.39 is 28.7 Å². The normalized spacial score (nSPS) is 11.7. The maximum absolute atomic E-state index is 13.1. The van der Waals surface area contributed by atoms with E-state index in [-0.39, 0.29) is 11.4 Å². The molecule has 1 N–H and O–H groups in total. The number of halogens is 4. The van der Waals surface area contributed by atoms with Crippen LogP contribution in [0.15, 0.2) is 35.0 Å². The summed E-state index contributed by atoms with van der Waals surface area (Å²) in [6.45, 7) is 3.00. The van der Waals surface area contributed by atoms with Gasteiger partial charge in [0.2, 0.25) is 0 Å². The number of hydrogen-bond donors (Lipinski definition) is 1. The van der Waals surface area contributed by atoms with E-state index >= 15 is 0 Å². The summed E-state index contributed by atoms with van der Waals surface area (Å²) < 4.78 is 26.2. The fourth-order valence-corrected chi connectivity index (χ4v) is 1.11. The topological polar surface area (TPSA) is 32.6 Å². The number of aliphatic imine (C=N–C) groups is 1. The quantitative estimate of drug-likeness (QED) is 0.467. The molecule has 0 saturated heterocycles. The summed E-state index contributed by atoms with van der Waals surface area (Å²) in [5.74, 6) is -1.41. The van der Waals surface area contributed by atoms with Crippen molar-refractivity contribution >= 4 is 30.0 Å². The summed E-state index contributed by atoms with van der Waals surface area (Å²) in [5.41, 5.74) is -0.00787. The zero-order valence-corrected chi connectivity index (χ0v) is 12.8. The zero-order chi connectivity index (χ0) is 14.1. The van der Waals surface area contributed by atoms with Gasteiger partial charge in [-0.25, -0.2) is 13.8 Å². The van der Waals surface area contributed by atoms with Gasteiger partial charge in [0.1, 0.15) is 5.69 Å². The molecule has 0 heterocycles. The van der Waals surface area contributed by atoms with Crippen molar-refractivity contribution in [1.29, 1.82) is 0 Å². The first-order valence-corrected chi connectivity index (χ1v) is 9.05. The molecule has 0 saturated carbocycles. The number of hydrogen-bond acceptors (Lipinski definition) is 2. The minimum atomic E-state index is -0.724. The molecule has 1 rings (SSSR count). The van der Waals surface area contributed by atoms with Crippen molar-refractivity contribution in [3.05, 3.63) is 41.7 Å². The molecule has 7 heteroatoms. The van der Waals surface area contributed by atoms with Crippen LogP contribution in [-0.2, 0) is 17.0 Å². The number of rotatable bonds is 2. The minimum absolute atomic E-state index is 0.0352. The molecular weight excluding hydrogens is 319 g/mol. The number of aliphatic hydroxyl groups excluding tert-OH is 1. The van der Waals surface area contributed by atoms with Gasteiger partial charge in [-0.05, 0) is 32.1 Å². The summed E-state index contributed by atoms with van der Waals surface area (Å²) >= 11 is -0.556. The van der Waals surface area contributed by atoms with Gasteiger partial charge in [-0.2, -0.15) is 0 Å². The first-order chi connectivity index (χ1) is 8.42. The molecule has 0 atom stereocenters. The second-order valence-electron chi connectivity index (χ2n) is 3.18. The molecule has 1 aromatic carbocycles. The molecule has 0 unspecified atom stereocenters. The first-order valence-electron chi connectivity index (χ1n) is 4.75. The molecule has 0 bridgehead atoms. The molecular formula is C11H11Cl2F2NOTi. The van der Waals surface area contributed by atoms with E-state index in [0.29, 0.717) is 5.71 Å². The molecule has 0 amide bonds.